The molecule has 1 heterocycles. The minimum absolute atomic E-state index is 0.00247. The first-order valence-electron chi connectivity index (χ1n) is 6.90. The fraction of sp³-hybridized carbons (Fsp3) is 0.846. The highest BCUT2D eigenvalue weighted by Crippen LogP contribution is 2.28. The van der Waals surface area contributed by atoms with Crippen LogP contribution in [0.4, 0.5) is 0 Å². The molecule has 0 aromatic heterocycles. The van der Waals surface area contributed by atoms with E-state index in [2.05, 4.69) is 0 Å². The van der Waals surface area contributed by atoms with Crippen molar-refractivity contribution in [3.63, 3.8) is 0 Å². The van der Waals surface area contributed by atoms with E-state index in [1.54, 1.807) is 0 Å². The molecule has 1 saturated heterocycles. The Balaban J connectivity index is 1.91. The molecule has 0 aromatic rings. The van der Waals surface area contributed by atoms with Gasteiger partial charge in [-0.25, -0.2) is 0 Å². The van der Waals surface area contributed by atoms with Gasteiger partial charge < -0.3 is 16.4 Å². The van der Waals surface area contributed by atoms with E-state index in [1.165, 1.54) is 0 Å². The SMILES string of the molecule is NC(=O)C[C@@H]1CCCN(C(=O)[C@@H]2CCC[C@@H]2N)C1. The van der Waals surface area contributed by atoms with E-state index >= 15 is 0 Å². The molecule has 4 N–H and O–H groups in total. The standard InChI is InChI=1S/C13H23N3O2/c14-11-5-1-4-10(11)13(18)16-6-2-3-9(8-16)7-12(15)17/h9-11H,1-8,14H2,(H2,15,17)/t9-,10+,11-/m0/s1. The molecule has 3 atom stereocenters. The van der Waals surface area contributed by atoms with Crippen LogP contribution in [-0.2, 0) is 9.59 Å². The molecule has 2 aliphatic rings. The summed E-state index contributed by atoms with van der Waals surface area (Å²) >= 11 is 0. The first-order valence-corrected chi connectivity index (χ1v) is 6.90. The number of nitrogens with two attached hydrogens (primary N) is 2. The largest absolute Gasteiger partial charge is 0.370 e. The van der Waals surface area contributed by atoms with E-state index in [4.69, 9.17) is 11.5 Å². The van der Waals surface area contributed by atoms with Crippen LogP contribution in [0.15, 0.2) is 0 Å². The van der Waals surface area contributed by atoms with Crippen molar-refractivity contribution in [1.82, 2.24) is 4.90 Å². The Kier molecular flexibility index (Phi) is 4.22. The summed E-state index contributed by atoms with van der Waals surface area (Å²) in [6.45, 7) is 1.47. The lowest BCUT2D eigenvalue weighted by Crippen LogP contribution is -2.46. The first kappa shape index (κ1) is 13.3. The number of carbonyl (C=O) groups excluding carboxylic acids is 2. The minimum Gasteiger partial charge on any atom is -0.370 e. The zero-order valence-corrected chi connectivity index (χ0v) is 10.8. The number of amides is 2. The van der Waals surface area contributed by atoms with Gasteiger partial charge in [0.2, 0.25) is 11.8 Å². The van der Waals surface area contributed by atoms with Crippen molar-refractivity contribution >= 4 is 11.8 Å². The first-order chi connectivity index (χ1) is 8.58. The third-order valence-corrected chi connectivity index (χ3v) is 4.21. The number of carbonyl (C=O) groups is 2. The molecular formula is C13H23N3O2. The summed E-state index contributed by atoms with van der Waals surface area (Å²) in [6.07, 6.45) is 5.26. The molecule has 5 heteroatoms. The molecule has 1 saturated carbocycles. The number of nitrogens with zero attached hydrogens (tertiary/aromatic N) is 1. The normalized spacial score (nSPS) is 32.5. The van der Waals surface area contributed by atoms with Crippen LogP contribution in [-0.4, -0.2) is 35.8 Å². The Hall–Kier alpha value is -1.10. The molecule has 0 bridgehead atoms. The van der Waals surface area contributed by atoms with Gasteiger partial charge in [0.15, 0.2) is 0 Å². The Labute approximate surface area is 108 Å². The average molecular weight is 253 g/mol. The summed E-state index contributed by atoms with van der Waals surface area (Å²) < 4.78 is 0. The number of hydrogen-bond acceptors (Lipinski definition) is 3. The number of primary amides is 1. The molecule has 5 nitrogen and oxygen atoms in total. The zero-order chi connectivity index (χ0) is 13.1. The molecule has 18 heavy (non-hydrogen) atoms. The quantitative estimate of drug-likeness (QED) is 0.754. The maximum Gasteiger partial charge on any atom is 0.227 e. The molecule has 2 amide bonds. The van der Waals surface area contributed by atoms with Crippen molar-refractivity contribution in [1.29, 1.82) is 0 Å². The smallest absolute Gasteiger partial charge is 0.227 e. The maximum atomic E-state index is 12.4. The van der Waals surface area contributed by atoms with Gasteiger partial charge in [0, 0.05) is 25.6 Å². The van der Waals surface area contributed by atoms with Crippen molar-refractivity contribution in [3.05, 3.63) is 0 Å². The molecule has 2 rings (SSSR count). The Morgan fingerprint density at radius 2 is 1.94 bits per heavy atom. The lowest BCUT2D eigenvalue weighted by molar-refractivity contribution is -0.138. The van der Waals surface area contributed by atoms with Crippen LogP contribution >= 0.6 is 0 Å². The van der Waals surface area contributed by atoms with Crippen molar-refractivity contribution in [2.24, 2.45) is 23.3 Å². The second kappa shape index (κ2) is 5.69. The summed E-state index contributed by atoms with van der Waals surface area (Å²) in [6, 6.07) is 0.0222. The van der Waals surface area contributed by atoms with Crippen LogP contribution in [0.2, 0.25) is 0 Å². The van der Waals surface area contributed by atoms with Crippen molar-refractivity contribution in [2.45, 2.75) is 44.6 Å². The Bertz CT molecular complexity index is 332. The molecule has 1 aliphatic heterocycles. The van der Waals surface area contributed by atoms with Crippen molar-refractivity contribution in [3.8, 4) is 0 Å². The van der Waals surface area contributed by atoms with Crippen LogP contribution in [0.1, 0.15) is 38.5 Å². The van der Waals surface area contributed by atoms with E-state index in [0.717, 1.165) is 38.6 Å². The van der Waals surface area contributed by atoms with E-state index < -0.39 is 0 Å². The predicted octanol–water partition coefficient (Wildman–Crippen LogP) is 0.228. The molecule has 0 unspecified atom stereocenters. The highest BCUT2D eigenvalue weighted by molar-refractivity contribution is 5.80. The number of likely N-dealkylation sites (tertiary alicyclic amines) is 1. The van der Waals surface area contributed by atoms with Gasteiger partial charge in [-0.2, -0.15) is 0 Å². The van der Waals surface area contributed by atoms with E-state index in [-0.39, 0.29) is 29.7 Å². The molecule has 102 valence electrons. The van der Waals surface area contributed by atoms with E-state index in [0.29, 0.717) is 13.0 Å². The fourth-order valence-electron chi connectivity index (χ4n) is 3.25. The lowest BCUT2D eigenvalue weighted by atomic mass is 9.92. The number of hydrogen-bond donors (Lipinski definition) is 2. The summed E-state index contributed by atoms with van der Waals surface area (Å²) in [7, 11) is 0. The van der Waals surface area contributed by atoms with Crippen LogP contribution in [0.3, 0.4) is 0 Å². The molecule has 1 aliphatic carbocycles. The van der Waals surface area contributed by atoms with Crippen LogP contribution in [0.5, 0.6) is 0 Å². The molecule has 0 spiro atoms. The van der Waals surface area contributed by atoms with Crippen LogP contribution < -0.4 is 11.5 Å². The highest BCUT2D eigenvalue weighted by atomic mass is 16.2. The van der Waals surface area contributed by atoms with E-state index in [1.807, 2.05) is 4.90 Å². The third-order valence-electron chi connectivity index (χ3n) is 4.21. The van der Waals surface area contributed by atoms with Crippen LogP contribution in [0, 0.1) is 11.8 Å². The summed E-state index contributed by atoms with van der Waals surface area (Å²) in [5.74, 6) is 0.149. The summed E-state index contributed by atoms with van der Waals surface area (Å²) in [5.41, 5.74) is 11.2. The van der Waals surface area contributed by atoms with Gasteiger partial charge in [-0.3, -0.25) is 9.59 Å². The molecular weight excluding hydrogens is 230 g/mol. The summed E-state index contributed by atoms with van der Waals surface area (Å²) in [5, 5.41) is 0. The lowest BCUT2D eigenvalue weighted by Gasteiger charge is -2.34. The topological polar surface area (TPSA) is 89.4 Å². The molecule has 0 aromatic carbocycles. The zero-order valence-electron chi connectivity index (χ0n) is 10.8. The molecule has 0 radical (unpaired) electrons. The van der Waals surface area contributed by atoms with Gasteiger partial charge in [-0.05, 0) is 31.6 Å². The second-order valence-electron chi connectivity index (χ2n) is 5.66. The van der Waals surface area contributed by atoms with Gasteiger partial charge in [-0.1, -0.05) is 6.42 Å². The minimum atomic E-state index is -0.271. The Morgan fingerprint density at radius 3 is 2.56 bits per heavy atom. The third kappa shape index (κ3) is 3.02. The Morgan fingerprint density at radius 1 is 1.17 bits per heavy atom. The average Bonchev–Trinajstić information content (AvgIpc) is 2.74. The van der Waals surface area contributed by atoms with Crippen molar-refractivity contribution < 1.29 is 9.59 Å². The summed E-state index contributed by atoms with van der Waals surface area (Å²) in [4.78, 5) is 25.2. The number of piperidine rings is 1. The molecule has 2 fully saturated rings. The van der Waals surface area contributed by atoms with Gasteiger partial charge in [0.25, 0.3) is 0 Å². The van der Waals surface area contributed by atoms with Gasteiger partial charge in [0.1, 0.15) is 0 Å². The monoisotopic (exact) mass is 253 g/mol. The van der Waals surface area contributed by atoms with Gasteiger partial charge >= 0.3 is 0 Å². The van der Waals surface area contributed by atoms with Gasteiger partial charge in [0.05, 0.1) is 5.92 Å². The van der Waals surface area contributed by atoms with Crippen LogP contribution in [0.25, 0.3) is 0 Å². The predicted molar refractivity (Wildman–Crippen MR) is 68.4 cm³/mol. The second-order valence-corrected chi connectivity index (χ2v) is 5.66. The fourth-order valence-corrected chi connectivity index (χ4v) is 3.25. The van der Waals surface area contributed by atoms with Gasteiger partial charge in [-0.15, -0.1) is 0 Å². The van der Waals surface area contributed by atoms with E-state index in [9.17, 15) is 9.59 Å². The highest BCUT2D eigenvalue weighted by Gasteiger charge is 2.35. The maximum absolute atomic E-state index is 12.4. The number of rotatable bonds is 3. The van der Waals surface area contributed by atoms with Crippen molar-refractivity contribution in [2.75, 3.05) is 13.1 Å².